The second-order valence-electron chi connectivity index (χ2n) is 5.70. The van der Waals surface area contributed by atoms with Crippen molar-refractivity contribution in [3.8, 4) is 16.9 Å². The van der Waals surface area contributed by atoms with Crippen LogP contribution in [0, 0.1) is 4.91 Å². The number of ether oxygens (including phenoxy) is 1. The Morgan fingerprint density at radius 3 is 2.56 bits per heavy atom. The summed E-state index contributed by atoms with van der Waals surface area (Å²) in [5, 5.41) is 3.13. The lowest BCUT2D eigenvalue weighted by atomic mass is 9.94. The van der Waals surface area contributed by atoms with E-state index in [4.69, 9.17) is 16.3 Å². The molecule has 1 N–H and O–H groups in total. The Bertz CT molecular complexity index is 1090. The number of aromatic amines is 1. The first-order valence-electron chi connectivity index (χ1n) is 7.65. The smallest absolute Gasteiger partial charge is 0.416 e. The molecule has 0 fully saturated rings. The molecule has 140 valence electrons. The molecule has 0 spiro atoms. The van der Waals surface area contributed by atoms with Crippen molar-refractivity contribution >= 4 is 22.5 Å². The van der Waals surface area contributed by atoms with Gasteiger partial charge in [-0.05, 0) is 36.4 Å². The fourth-order valence-corrected chi connectivity index (χ4v) is 3.08. The number of rotatable bonds is 4. The van der Waals surface area contributed by atoms with Crippen LogP contribution in [0.15, 0.2) is 46.4 Å². The van der Waals surface area contributed by atoms with Crippen LogP contribution in [0.25, 0.3) is 22.0 Å². The van der Waals surface area contributed by atoms with Crippen LogP contribution in [-0.4, -0.2) is 12.1 Å². The van der Waals surface area contributed by atoms with E-state index in [0.29, 0.717) is 5.56 Å². The highest BCUT2D eigenvalue weighted by molar-refractivity contribution is 6.31. The first kappa shape index (κ1) is 18.9. The van der Waals surface area contributed by atoms with Gasteiger partial charge in [-0.15, -0.1) is 0 Å². The minimum Gasteiger partial charge on any atom is -0.496 e. The van der Waals surface area contributed by atoms with Crippen molar-refractivity contribution < 1.29 is 17.9 Å². The highest BCUT2D eigenvalue weighted by Gasteiger charge is 2.31. The molecule has 27 heavy (non-hydrogen) atoms. The number of pyridine rings is 1. The predicted octanol–water partition coefficient (Wildman–Crippen LogP) is 5.14. The monoisotopic (exact) mass is 396 g/mol. The Hall–Kier alpha value is -2.87. The average molecular weight is 397 g/mol. The van der Waals surface area contributed by atoms with Gasteiger partial charge in [0.05, 0.1) is 18.2 Å². The number of alkyl halides is 3. The highest BCUT2D eigenvalue weighted by atomic mass is 35.5. The molecular weight excluding hydrogens is 385 g/mol. The number of methoxy groups -OCH3 is 1. The van der Waals surface area contributed by atoms with E-state index in [9.17, 15) is 22.9 Å². The molecule has 0 amide bonds. The highest BCUT2D eigenvalue weighted by Crippen LogP contribution is 2.40. The van der Waals surface area contributed by atoms with E-state index in [1.165, 1.54) is 25.3 Å². The van der Waals surface area contributed by atoms with Gasteiger partial charge in [0.25, 0.3) is 5.56 Å². The Morgan fingerprint density at radius 1 is 1.19 bits per heavy atom. The van der Waals surface area contributed by atoms with Gasteiger partial charge >= 0.3 is 6.18 Å². The van der Waals surface area contributed by atoms with Crippen molar-refractivity contribution in [1.82, 2.24) is 4.98 Å². The maximum atomic E-state index is 13.2. The molecule has 0 radical (unpaired) electrons. The summed E-state index contributed by atoms with van der Waals surface area (Å²) in [6, 6.07) is 7.47. The van der Waals surface area contributed by atoms with Gasteiger partial charge in [-0.2, -0.15) is 18.1 Å². The SMILES string of the molecule is COc1ccc(Cl)cc1-c1c(CN=O)c(=O)[nH]c2ccc(C(F)(F)F)cc12. The van der Waals surface area contributed by atoms with Gasteiger partial charge < -0.3 is 9.72 Å². The number of nitrogens with zero attached hydrogens (tertiary/aromatic N) is 1. The van der Waals surface area contributed by atoms with Gasteiger partial charge in [0.1, 0.15) is 12.3 Å². The Balaban J connectivity index is 2.50. The minimum atomic E-state index is -4.58. The van der Waals surface area contributed by atoms with Gasteiger partial charge in [0.2, 0.25) is 0 Å². The van der Waals surface area contributed by atoms with Crippen LogP contribution < -0.4 is 10.3 Å². The van der Waals surface area contributed by atoms with Gasteiger partial charge in [-0.25, -0.2) is 0 Å². The molecule has 9 heteroatoms. The molecule has 1 heterocycles. The lowest BCUT2D eigenvalue weighted by Gasteiger charge is -2.16. The van der Waals surface area contributed by atoms with Gasteiger partial charge in [0, 0.05) is 27.1 Å². The van der Waals surface area contributed by atoms with E-state index in [1.54, 1.807) is 0 Å². The molecule has 3 rings (SSSR count). The Kier molecular flexibility index (Phi) is 4.93. The number of hydrogen-bond acceptors (Lipinski definition) is 4. The molecule has 5 nitrogen and oxygen atoms in total. The van der Waals surface area contributed by atoms with E-state index in [1.807, 2.05) is 0 Å². The third-order valence-corrected chi connectivity index (χ3v) is 4.33. The zero-order valence-corrected chi connectivity index (χ0v) is 14.6. The third-order valence-electron chi connectivity index (χ3n) is 4.09. The lowest BCUT2D eigenvalue weighted by molar-refractivity contribution is -0.137. The molecule has 0 saturated heterocycles. The van der Waals surface area contributed by atoms with Crippen LogP contribution in [0.5, 0.6) is 5.75 Å². The van der Waals surface area contributed by atoms with Crippen LogP contribution in [0.1, 0.15) is 11.1 Å². The second-order valence-corrected chi connectivity index (χ2v) is 6.13. The molecule has 1 aromatic heterocycles. The van der Waals surface area contributed by atoms with Crippen molar-refractivity contribution in [2.75, 3.05) is 7.11 Å². The van der Waals surface area contributed by atoms with E-state index in [2.05, 4.69) is 10.2 Å². The Labute approximate surface area is 155 Å². The van der Waals surface area contributed by atoms with Crippen LogP contribution in [-0.2, 0) is 12.7 Å². The molecule has 2 aromatic carbocycles. The van der Waals surface area contributed by atoms with E-state index >= 15 is 0 Å². The number of hydrogen-bond donors (Lipinski definition) is 1. The van der Waals surface area contributed by atoms with Gasteiger partial charge in [0.15, 0.2) is 0 Å². The number of nitroso groups, excluding NO2 is 1. The standard InChI is InChI=1S/C18H12ClF3N2O3/c1-27-15-5-3-10(19)7-12(15)16-11-6-9(18(20,21)22)2-4-14(11)24-17(25)13(16)8-23-26/h2-7H,8H2,1H3,(H,24,25). The number of benzene rings is 2. The van der Waals surface area contributed by atoms with Crippen LogP contribution in [0.2, 0.25) is 5.02 Å². The van der Waals surface area contributed by atoms with Crippen molar-refractivity contribution in [3.63, 3.8) is 0 Å². The summed E-state index contributed by atoms with van der Waals surface area (Å²) < 4.78 is 44.9. The fraction of sp³-hybridized carbons (Fsp3) is 0.167. The molecule has 0 unspecified atom stereocenters. The van der Waals surface area contributed by atoms with Crippen molar-refractivity contribution in [2.24, 2.45) is 5.18 Å². The summed E-state index contributed by atoms with van der Waals surface area (Å²) in [5.41, 5.74) is -0.997. The molecule has 0 bridgehead atoms. The maximum absolute atomic E-state index is 13.2. The van der Waals surface area contributed by atoms with Crippen LogP contribution in [0.3, 0.4) is 0 Å². The Morgan fingerprint density at radius 2 is 1.93 bits per heavy atom. The summed E-state index contributed by atoms with van der Waals surface area (Å²) in [6.45, 7) is -0.521. The summed E-state index contributed by atoms with van der Waals surface area (Å²) in [5.74, 6) is 0.288. The third kappa shape index (κ3) is 3.52. The predicted molar refractivity (Wildman–Crippen MR) is 96.1 cm³/mol. The second kappa shape index (κ2) is 7.03. The zero-order valence-electron chi connectivity index (χ0n) is 13.9. The molecule has 0 saturated carbocycles. The molecule has 0 aliphatic carbocycles. The van der Waals surface area contributed by atoms with Crippen LogP contribution in [0.4, 0.5) is 13.2 Å². The first-order valence-corrected chi connectivity index (χ1v) is 8.03. The van der Waals surface area contributed by atoms with E-state index in [-0.39, 0.29) is 32.8 Å². The van der Waals surface area contributed by atoms with Gasteiger partial charge in [-0.1, -0.05) is 16.8 Å². The summed E-state index contributed by atoms with van der Waals surface area (Å²) in [4.78, 5) is 25.8. The minimum absolute atomic E-state index is 0.0719. The molecular formula is C18H12ClF3N2O3. The molecule has 0 atom stereocenters. The number of nitrogens with one attached hydrogen (secondary N) is 1. The van der Waals surface area contributed by atoms with E-state index < -0.39 is 23.8 Å². The molecule has 3 aromatic rings. The zero-order chi connectivity index (χ0) is 19.8. The van der Waals surface area contributed by atoms with Crippen molar-refractivity contribution in [2.45, 2.75) is 12.7 Å². The van der Waals surface area contributed by atoms with Crippen molar-refractivity contribution in [3.05, 3.63) is 67.8 Å². The number of aromatic nitrogens is 1. The maximum Gasteiger partial charge on any atom is 0.416 e. The van der Waals surface area contributed by atoms with E-state index in [0.717, 1.165) is 18.2 Å². The fourth-order valence-electron chi connectivity index (χ4n) is 2.91. The summed E-state index contributed by atoms with van der Waals surface area (Å²) in [6.07, 6.45) is -4.58. The number of fused-ring (bicyclic) bond motifs is 1. The van der Waals surface area contributed by atoms with Gasteiger partial charge in [-0.3, -0.25) is 4.79 Å². The average Bonchev–Trinajstić information content (AvgIpc) is 2.61. The largest absolute Gasteiger partial charge is 0.496 e. The van der Waals surface area contributed by atoms with Crippen molar-refractivity contribution in [1.29, 1.82) is 0 Å². The topological polar surface area (TPSA) is 71.5 Å². The molecule has 0 aliphatic heterocycles. The van der Waals surface area contributed by atoms with Crippen LogP contribution >= 0.6 is 11.6 Å². The number of halogens is 4. The molecule has 0 aliphatic rings. The summed E-state index contributed by atoms with van der Waals surface area (Å²) in [7, 11) is 1.38. The quantitative estimate of drug-likeness (QED) is 0.620. The lowest BCUT2D eigenvalue weighted by Crippen LogP contribution is -2.15. The summed E-state index contributed by atoms with van der Waals surface area (Å²) >= 11 is 6.04. The number of H-pyrrole nitrogens is 1. The normalized spacial score (nSPS) is 11.6. The first-order chi connectivity index (χ1) is 12.8.